The Morgan fingerprint density at radius 3 is 2.41 bits per heavy atom. The molecule has 202 valence electrons. The van der Waals surface area contributed by atoms with E-state index < -0.39 is 28.5 Å². The van der Waals surface area contributed by atoms with Crippen molar-refractivity contribution in [2.24, 2.45) is 0 Å². The van der Waals surface area contributed by atoms with Gasteiger partial charge in [0.2, 0.25) is 21.8 Å². The number of hydrogen-bond acceptors (Lipinski definition) is 5. The lowest BCUT2D eigenvalue weighted by Crippen LogP contribution is -2.53. The van der Waals surface area contributed by atoms with E-state index in [4.69, 9.17) is 4.74 Å². The Labute approximate surface area is 221 Å². The van der Waals surface area contributed by atoms with Gasteiger partial charge in [-0.3, -0.25) is 13.9 Å². The molecule has 1 fully saturated rings. The summed E-state index contributed by atoms with van der Waals surface area (Å²) in [6.45, 7) is 5.17. The Balaban J connectivity index is 1.90. The van der Waals surface area contributed by atoms with E-state index in [1.165, 1.54) is 11.3 Å². The lowest BCUT2D eigenvalue weighted by molar-refractivity contribution is -0.139. The molecule has 0 radical (unpaired) electrons. The molecule has 2 aromatic carbocycles. The molecular formula is C28H39N3O5S. The molecule has 1 saturated carbocycles. The quantitative estimate of drug-likeness (QED) is 0.503. The Morgan fingerprint density at radius 2 is 1.78 bits per heavy atom. The molecule has 37 heavy (non-hydrogen) atoms. The molecule has 1 aliphatic rings. The van der Waals surface area contributed by atoms with Crippen molar-refractivity contribution in [3.63, 3.8) is 0 Å². The number of carbonyl (C=O) groups excluding carboxylic acids is 2. The molecule has 2 amide bonds. The predicted molar refractivity (Wildman–Crippen MR) is 146 cm³/mol. The van der Waals surface area contributed by atoms with Crippen molar-refractivity contribution >= 4 is 27.5 Å². The van der Waals surface area contributed by atoms with Gasteiger partial charge in [0.15, 0.2) is 0 Å². The lowest BCUT2D eigenvalue weighted by Gasteiger charge is -2.33. The summed E-state index contributed by atoms with van der Waals surface area (Å²) in [5.41, 5.74) is 2.97. The average Bonchev–Trinajstić information content (AvgIpc) is 2.86. The van der Waals surface area contributed by atoms with Crippen molar-refractivity contribution in [2.45, 2.75) is 71.5 Å². The number of nitrogens with one attached hydrogen (secondary N) is 1. The molecule has 0 aliphatic heterocycles. The van der Waals surface area contributed by atoms with Gasteiger partial charge in [0.25, 0.3) is 0 Å². The monoisotopic (exact) mass is 529 g/mol. The standard InChI is InChI=1S/C28H39N3O5S/c1-20-14-15-26(21(2)16-20)31(37(5,34)35)19-27(32)30(18-23-10-9-13-25(17-23)36-4)22(3)28(33)29-24-11-7-6-8-12-24/h9-10,13-17,22,24H,6-8,11-12,18-19H2,1-5H3,(H,29,33)/t22-/m0/s1. The number of sulfonamides is 1. The molecule has 1 N–H and O–H groups in total. The molecule has 2 aromatic rings. The van der Waals surface area contributed by atoms with E-state index in [2.05, 4.69) is 5.32 Å². The molecular weight excluding hydrogens is 490 g/mol. The van der Waals surface area contributed by atoms with E-state index in [0.29, 0.717) is 11.4 Å². The van der Waals surface area contributed by atoms with Gasteiger partial charge in [-0.05, 0) is 62.9 Å². The summed E-state index contributed by atoms with van der Waals surface area (Å²) in [6.07, 6.45) is 6.26. The second-order valence-electron chi connectivity index (χ2n) is 9.95. The lowest BCUT2D eigenvalue weighted by atomic mass is 9.95. The molecule has 0 heterocycles. The zero-order valence-corrected chi connectivity index (χ0v) is 23.3. The van der Waals surface area contributed by atoms with Crippen LogP contribution in [0.1, 0.15) is 55.7 Å². The summed E-state index contributed by atoms with van der Waals surface area (Å²) in [5.74, 6) is -0.0580. The van der Waals surface area contributed by atoms with Crippen LogP contribution in [0.25, 0.3) is 0 Å². The van der Waals surface area contributed by atoms with Crippen LogP contribution in [-0.4, -0.2) is 57.1 Å². The Morgan fingerprint density at radius 1 is 1.08 bits per heavy atom. The first-order valence-corrected chi connectivity index (χ1v) is 14.6. The number of rotatable bonds is 10. The van der Waals surface area contributed by atoms with Crippen LogP contribution >= 0.6 is 0 Å². The third-order valence-corrected chi connectivity index (χ3v) is 8.03. The van der Waals surface area contributed by atoms with Gasteiger partial charge in [0, 0.05) is 12.6 Å². The van der Waals surface area contributed by atoms with E-state index in [-0.39, 0.29) is 18.5 Å². The number of aryl methyl sites for hydroxylation is 2. The summed E-state index contributed by atoms with van der Waals surface area (Å²) in [7, 11) is -2.20. The predicted octanol–water partition coefficient (Wildman–Crippen LogP) is 3.94. The van der Waals surface area contributed by atoms with Gasteiger partial charge in [-0.25, -0.2) is 8.42 Å². The molecule has 0 aromatic heterocycles. The van der Waals surface area contributed by atoms with Crippen molar-refractivity contribution in [1.29, 1.82) is 0 Å². The second-order valence-corrected chi connectivity index (χ2v) is 11.9. The number of methoxy groups -OCH3 is 1. The van der Waals surface area contributed by atoms with Crippen molar-refractivity contribution in [2.75, 3.05) is 24.2 Å². The highest BCUT2D eigenvalue weighted by Crippen LogP contribution is 2.25. The number of amides is 2. The van der Waals surface area contributed by atoms with Crippen LogP contribution in [0.5, 0.6) is 5.75 Å². The van der Waals surface area contributed by atoms with Crippen molar-refractivity contribution in [3.05, 3.63) is 59.2 Å². The van der Waals surface area contributed by atoms with Crippen LogP contribution in [0.2, 0.25) is 0 Å². The van der Waals surface area contributed by atoms with E-state index in [1.807, 2.05) is 44.2 Å². The van der Waals surface area contributed by atoms with Crippen LogP contribution in [0.3, 0.4) is 0 Å². The summed E-state index contributed by atoms with van der Waals surface area (Å²) in [4.78, 5) is 28.5. The summed E-state index contributed by atoms with van der Waals surface area (Å²) < 4.78 is 32.0. The van der Waals surface area contributed by atoms with E-state index >= 15 is 0 Å². The molecule has 9 heteroatoms. The molecule has 0 saturated heterocycles. The smallest absolute Gasteiger partial charge is 0.244 e. The second kappa shape index (κ2) is 12.4. The summed E-state index contributed by atoms with van der Waals surface area (Å²) in [5, 5.41) is 3.10. The fraction of sp³-hybridized carbons (Fsp3) is 0.500. The maximum absolute atomic E-state index is 13.8. The first-order chi connectivity index (χ1) is 17.5. The maximum Gasteiger partial charge on any atom is 0.244 e. The largest absolute Gasteiger partial charge is 0.497 e. The number of ether oxygens (including phenoxy) is 1. The van der Waals surface area contributed by atoms with Gasteiger partial charge in [0.05, 0.1) is 19.1 Å². The minimum atomic E-state index is -3.77. The third-order valence-electron chi connectivity index (χ3n) is 6.91. The van der Waals surface area contributed by atoms with Crippen molar-refractivity contribution in [3.8, 4) is 5.75 Å². The zero-order valence-electron chi connectivity index (χ0n) is 22.5. The summed E-state index contributed by atoms with van der Waals surface area (Å²) in [6, 6.07) is 12.0. The maximum atomic E-state index is 13.8. The van der Waals surface area contributed by atoms with Gasteiger partial charge in [-0.2, -0.15) is 0 Å². The van der Waals surface area contributed by atoms with E-state index in [0.717, 1.165) is 52.9 Å². The molecule has 0 spiro atoms. The van der Waals surface area contributed by atoms with Crippen LogP contribution < -0.4 is 14.4 Å². The molecule has 1 aliphatic carbocycles. The fourth-order valence-corrected chi connectivity index (χ4v) is 5.71. The van der Waals surface area contributed by atoms with Crippen molar-refractivity contribution < 1.29 is 22.7 Å². The number of nitrogens with zero attached hydrogens (tertiary/aromatic N) is 2. The van der Waals surface area contributed by atoms with Gasteiger partial charge in [-0.1, -0.05) is 49.1 Å². The molecule has 0 unspecified atom stereocenters. The van der Waals surface area contributed by atoms with Gasteiger partial charge >= 0.3 is 0 Å². The minimum absolute atomic E-state index is 0.0974. The number of benzene rings is 2. The van der Waals surface area contributed by atoms with E-state index in [9.17, 15) is 18.0 Å². The van der Waals surface area contributed by atoms with Crippen molar-refractivity contribution in [1.82, 2.24) is 10.2 Å². The van der Waals surface area contributed by atoms with Crippen LogP contribution in [0, 0.1) is 13.8 Å². The topological polar surface area (TPSA) is 96.0 Å². The SMILES string of the molecule is COc1cccc(CN(C(=O)CN(c2ccc(C)cc2C)S(C)(=O)=O)[C@@H](C)C(=O)NC2CCCCC2)c1. The van der Waals surface area contributed by atoms with Crippen LogP contribution in [-0.2, 0) is 26.2 Å². The summed E-state index contributed by atoms with van der Waals surface area (Å²) >= 11 is 0. The Hall–Kier alpha value is -3.07. The molecule has 0 bridgehead atoms. The normalized spacial score (nSPS) is 15.1. The average molecular weight is 530 g/mol. The molecule has 3 rings (SSSR count). The van der Waals surface area contributed by atoms with E-state index in [1.54, 1.807) is 26.2 Å². The third kappa shape index (κ3) is 7.71. The van der Waals surface area contributed by atoms with Crippen LogP contribution in [0.15, 0.2) is 42.5 Å². The first-order valence-electron chi connectivity index (χ1n) is 12.8. The highest BCUT2D eigenvalue weighted by molar-refractivity contribution is 7.92. The molecule has 1 atom stereocenters. The van der Waals surface area contributed by atoms with Crippen LogP contribution in [0.4, 0.5) is 5.69 Å². The Bertz CT molecular complexity index is 1210. The van der Waals surface area contributed by atoms with Gasteiger partial charge in [0.1, 0.15) is 18.3 Å². The molecule has 8 nitrogen and oxygen atoms in total. The number of anilines is 1. The van der Waals surface area contributed by atoms with Gasteiger partial charge in [-0.15, -0.1) is 0 Å². The fourth-order valence-electron chi connectivity index (χ4n) is 4.80. The van der Waals surface area contributed by atoms with Gasteiger partial charge < -0.3 is 15.0 Å². The highest BCUT2D eigenvalue weighted by Gasteiger charge is 2.31. The number of carbonyl (C=O) groups is 2. The zero-order chi connectivity index (χ0) is 27.2. The Kier molecular flexibility index (Phi) is 9.59. The number of hydrogen-bond donors (Lipinski definition) is 1. The first kappa shape index (κ1) is 28.5. The highest BCUT2D eigenvalue weighted by atomic mass is 32.2. The minimum Gasteiger partial charge on any atom is -0.497 e.